The fourth-order valence-electron chi connectivity index (χ4n) is 3.32. The Hall–Kier alpha value is -3.05. The third-order valence-corrected chi connectivity index (χ3v) is 6.72. The number of aliphatic carboxylic acids is 1. The Kier molecular flexibility index (Phi) is 5.64. The van der Waals surface area contributed by atoms with E-state index in [0.717, 1.165) is 28.9 Å². The van der Waals surface area contributed by atoms with Gasteiger partial charge in [-0.25, -0.2) is 0 Å². The average molecular weight is 418 g/mol. The molecule has 0 bridgehead atoms. The molecule has 1 N–H and O–H groups in total. The number of rotatable bonds is 8. The summed E-state index contributed by atoms with van der Waals surface area (Å²) in [6.45, 7) is 2.58. The van der Waals surface area contributed by atoms with Crippen LogP contribution in [0.2, 0.25) is 0 Å². The number of carbonyl (C=O) groups excluding carboxylic acids is 1. The molecule has 0 aliphatic heterocycles. The number of carbonyl (C=O) groups is 2. The van der Waals surface area contributed by atoms with E-state index in [9.17, 15) is 14.7 Å². The maximum absolute atomic E-state index is 12.8. The third kappa shape index (κ3) is 4.41. The zero-order chi connectivity index (χ0) is 21.1. The molecule has 0 atom stereocenters. The van der Waals surface area contributed by atoms with Crippen molar-refractivity contribution in [2.24, 2.45) is 0 Å². The van der Waals surface area contributed by atoms with Crippen molar-refractivity contribution in [1.82, 2.24) is 4.57 Å². The van der Waals surface area contributed by atoms with E-state index in [4.69, 9.17) is 0 Å². The molecule has 1 aromatic heterocycles. The highest BCUT2D eigenvalue weighted by atomic mass is 32.2. The van der Waals surface area contributed by atoms with E-state index in [1.54, 1.807) is 0 Å². The van der Waals surface area contributed by atoms with E-state index in [2.05, 4.69) is 0 Å². The second kappa shape index (κ2) is 8.36. The van der Waals surface area contributed by atoms with Crippen LogP contribution in [-0.4, -0.2) is 26.2 Å². The number of aryl methyl sites for hydroxylation is 1. The number of ketones is 1. The Bertz CT molecular complexity index is 1110. The number of thioether (sulfide) groups is 1. The molecular weight excluding hydrogens is 394 g/mol. The molecule has 1 aliphatic carbocycles. The van der Waals surface area contributed by atoms with E-state index in [1.807, 2.05) is 90.5 Å². The molecule has 0 saturated heterocycles. The highest BCUT2D eigenvalue weighted by Crippen LogP contribution is 2.51. The first-order valence-corrected chi connectivity index (χ1v) is 10.7. The van der Waals surface area contributed by atoms with Crippen LogP contribution < -0.4 is 0 Å². The molecule has 0 spiro atoms. The monoisotopic (exact) mass is 417 g/mol. The maximum Gasteiger partial charge on any atom is 0.320 e. The van der Waals surface area contributed by atoms with Crippen LogP contribution in [0, 0.1) is 6.92 Å². The molecule has 2 aromatic carbocycles. The quantitative estimate of drug-likeness (QED) is 0.495. The first-order valence-electron chi connectivity index (χ1n) is 9.92. The summed E-state index contributed by atoms with van der Waals surface area (Å²) in [5.41, 5.74) is 3.48. The largest absolute Gasteiger partial charge is 0.480 e. The molecule has 152 valence electrons. The van der Waals surface area contributed by atoms with Gasteiger partial charge in [-0.2, -0.15) is 0 Å². The fraction of sp³-hybridized carbons (Fsp3) is 0.200. The first-order chi connectivity index (χ1) is 14.5. The van der Waals surface area contributed by atoms with Gasteiger partial charge in [-0.3, -0.25) is 9.59 Å². The number of nitrogens with zero attached hydrogens (tertiary/aromatic N) is 1. The van der Waals surface area contributed by atoms with Gasteiger partial charge in [-0.15, -0.1) is 11.8 Å². The maximum atomic E-state index is 12.8. The van der Waals surface area contributed by atoms with Gasteiger partial charge in [-0.05, 0) is 49.6 Å². The van der Waals surface area contributed by atoms with Gasteiger partial charge in [0.25, 0.3) is 0 Å². The van der Waals surface area contributed by atoms with Gasteiger partial charge in [0, 0.05) is 23.2 Å². The zero-order valence-electron chi connectivity index (χ0n) is 16.7. The van der Waals surface area contributed by atoms with Crippen LogP contribution in [0.4, 0.5) is 0 Å². The van der Waals surface area contributed by atoms with Crippen LogP contribution in [0.25, 0.3) is 6.08 Å². The van der Waals surface area contributed by atoms with E-state index in [0.29, 0.717) is 17.8 Å². The predicted octanol–water partition coefficient (Wildman–Crippen LogP) is 5.45. The highest BCUT2D eigenvalue weighted by Gasteiger charge is 2.51. The second-order valence-corrected chi connectivity index (χ2v) is 9.07. The van der Waals surface area contributed by atoms with Gasteiger partial charge in [0.05, 0.1) is 5.69 Å². The van der Waals surface area contributed by atoms with Crippen LogP contribution in [0.5, 0.6) is 0 Å². The van der Waals surface area contributed by atoms with Crippen molar-refractivity contribution < 1.29 is 14.7 Å². The molecule has 1 aliphatic rings. The lowest BCUT2D eigenvalue weighted by Gasteiger charge is -2.09. The van der Waals surface area contributed by atoms with Gasteiger partial charge in [-0.1, -0.05) is 54.1 Å². The lowest BCUT2D eigenvalue weighted by Crippen LogP contribution is -2.17. The molecule has 4 nitrogen and oxygen atoms in total. The molecule has 4 rings (SSSR count). The summed E-state index contributed by atoms with van der Waals surface area (Å²) in [6.07, 6.45) is 7.36. The number of hydrogen-bond donors (Lipinski definition) is 1. The minimum atomic E-state index is -0.730. The zero-order valence-corrected chi connectivity index (χ0v) is 17.6. The van der Waals surface area contributed by atoms with Crippen molar-refractivity contribution in [3.05, 3.63) is 95.3 Å². The second-order valence-electron chi connectivity index (χ2n) is 7.62. The summed E-state index contributed by atoms with van der Waals surface area (Å²) < 4.78 is 1.29. The molecule has 1 fully saturated rings. The van der Waals surface area contributed by atoms with Crippen molar-refractivity contribution in [2.75, 3.05) is 0 Å². The van der Waals surface area contributed by atoms with Gasteiger partial charge in [0.2, 0.25) is 5.78 Å². The van der Waals surface area contributed by atoms with Gasteiger partial charge < -0.3 is 9.67 Å². The van der Waals surface area contributed by atoms with Crippen LogP contribution >= 0.6 is 11.8 Å². The topological polar surface area (TPSA) is 59.3 Å². The lowest BCUT2D eigenvalue weighted by molar-refractivity contribution is -0.137. The molecule has 0 amide bonds. The summed E-state index contributed by atoms with van der Waals surface area (Å²) in [5, 5.41) is 9.38. The van der Waals surface area contributed by atoms with Crippen molar-refractivity contribution >= 4 is 29.6 Å². The lowest BCUT2D eigenvalue weighted by atomic mass is 10.1. The third-order valence-electron chi connectivity index (χ3n) is 5.25. The number of hydrogen-bond acceptors (Lipinski definition) is 3. The Labute approximate surface area is 180 Å². The normalized spacial score (nSPS) is 14.7. The van der Waals surface area contributed by atoms with Crippen LogP contribution in [0.15, 0.2) is 77.8 Å². The highest BCUT2D eigenvalue weighted by molar-refractivity contribution is 8.01. The van der Waals surface area contributed by atoms with Crippen molar-refractivity contribution in [3.63, 3.8) is 0 Å². The molecule has 5 heteroatoms. The first kappa shape index (κ1) is 20.2. The van der Waals surface area contributed by atoms with Crippen molar-refractivity contribution in [1.29, 1.82) is 0 Å². The Balaban J connectivity index is 1.44. The van der Waals surface area contributed by atoms with E-state index < -0.39 is 10.7 Å². The molecule has 3 aromatic rings. The summed E-state index contributed by atoms with van der Waals surface area (Å²) in [6, 6.07) is 19.2. The Morgan fingerprint density at radius 2 is 1.87 bits per heavy atom. The molecule has 30 heavy (non-hydrogen) atoms. The Morgan fingerprint density at radius 1 is 1.10 bits per heavy atom. The standard InChI is InChI=1S/C25H23NO3S/c1-18-9-11-20(12-10-18)23(27)22-8-4-16-26(22)15-3-6-19-5-2-7-21(17-19)30-25(13-14-25)24(28)29/h2-12,16-17H,13-15H2,1H3,(H,28,29)/b6-3+. The van der Waals surface area contributed by atoms with Crippen LogP contribution in [0.1, 0.15) is 40.0 Å². The fourth-order valence-corrected chi connectivity index (χ4v) is 4.50. The molecule has 1 heterocycles. The van der Waals surface area contributed by atoms with Crippen LogP contribution in [-0.2, 0) is 11.3 Å². The molecule has 0 radical (unpaired) electrons. The minimum absolute atomic E-state index is 0.00944. The number of allylic oxidation sites excluding steroid dienone is 1. The smallest absolute Gasteiger partial charge is 0.320 e. The number of carboxylic acids is 1. The van der Waals surface area contributed by atoms with Crippen LogP contribution in [0.3, 0.4) is 0 Å². The van der Waals surface area contributed by atoms with Crippen molar-refractivity contribution in [3.8, 4) is 0 Å². The van der Waals surface area contributed by atoms with Crippen molar-refractivity contribution in [2.45, 2.75) is 36.0 Å². The molecule has 0 unspecified atom stereocenters. The summed E-state index contributed by atoms with van der Waals surface area (Å²) >= 11 is 1.43. The van der Waals surface area contributed by atoms with Gasteiger partial charge in [0.15, 0.2) is 0 Å². The van der Waals surface area contributed by atoms with E-state index in [-0.39, 0.29) is 5.78 Å². The number of benzene rings is 2. The van der Waals surface area contributed by atoms with Gasteiger partial charge >= 0.3 is 5.97 Å². The SMILES string of the molecule is Cc1ccc(C(=O)c2cccn2C/C=C/c2cccc(SC3(C(=O)O)CC3)c2)cc1. The summed E-state index contributed by atoms with van der Waals surface area (Å²) in [7, 11) is 0. The molecule has 1 saturated carbocycles. The Morgan fingerprint density at radius 3 is 2.57 bits per heavy atom. The average Bonchev–Trinajstić information content (AvgIpc) is 3.37. The summed E-state index contributed by atoms with van der Waals surface area (Å²) in [5.74, 6) is -0.720. The van der Waals surface area contributed by atoms with E-state index in [1.165, 1.54) is 11.8 Å². The molecular formula is C25H23NO3S. The number of carboxylic acid groups (broad SMARTS) is 1. The minimum Gasteiger partial charge on any atom is -0.480 e. The predicted molar refractivity (Wildman–Crippen MR) is 120 cm³/mol. The number of aromatic nitrogens is 1. The van der Waals surface area contributed by atoms with Gasteiger partial charge in [0.1, 0.15) is 4.75 Å². The summed E-state index contributed by atoms with van der Waals surface area (Å²) in [4.78, 5) is 25.2. The van der Waals surface area contributed by atoms with E-state index >= 15 is 0 Å².